The van der Waals surface area contributed by atoms with Crippen molar-refractivity contribution in [2.75, 3.05) is 6.61 Å². The molecule has 0 saturated carbocycles. The van der Waals surface area contributed by atoms with Crippen LogP contribution in [0.5, 0.6) is 0 Å². The molecule has 0 radical (unpaired) electrons. The second kappa shape index (κ2) is 11.3. The van der Waals surface area contributed by atoms with Crippen molar-refractivity contribution in [3.05, 3.63) is 47.2 Å². The molecule has 0 fully saturated rings. The number of hydrogen-bond donors (Lipinski definition) is 0. The summed E-state index contributed by atoms with van der Waals surface area (Å²) in [6.07, 6.45) is 1.44. The Balaban J connectivity index is 2.65. The van der Waals surface area contributed by atoms with E-state index in [1.165, 1.54) is 11.1 Å². The summed E-state index contributed by atoms with van der Waals surface area (Å²) < 4.78 is 28.0. The Kier molecular flexibility index (Phi) is 9.95. The van der Waals surface area contributed by atoms with E-state index in [0.29, 0.717) is 6.61 Å². The molecule has 1 aliphatic rings. The van der Waals surface area contributed by atoms with Gasteiger partial charge in [-0.3, -0.25) is 0 Å². The molecule has 3 atom stereocenters. The molecule has 218 valence electrons. The minimum atomic E-state index is -2.15. The predicted octanol–water partition coefficient (Wildman–Crippen LogP) is 9.75. The number of ether oxygens (including phenoxy) is 1. The van der Waals surface area contributed by atoms with Gasteiger partial charge in [-0.05, 0) is 78.5 Å². The standard InChI is InChI=1S/C31H58O4Si3/c1-23-19-17-18-20-24(23)25-21-26(34-37(13,14)30(5,6)7)28(35-38(15,16)31(8,9)10)27(33-25)22-32-36(11,12)29(2,3)4/h17-21,25,27-28H,22H2,1-16H3/t25-,27+,28-/m0/s1. The van der Waals surface area contributed by atoms with Crippen LogP contribution in [0.15, 0.2) is 36.1 Å². The Labute approximate surface area is 238 Å². The summed E-state index contributed by atoms with van der Waals surface area (Å²) in [5.74, 6) is 0.935. The lowest BCUT2D eigenvalue weighted by Crippen LogP contribution is -2.54. The second-order valence-electron chi connectivity index (χ2n) is 15.8. The van der Waals surface area contributed by atoms with Gasteiger partial charge < -0.3 is 18.0 Å². The van der Waals surface area contributed by atoms with E-state index in [2.05, 4.69) is 139 Å². The first-order chi connectivity index (χ1) is 16.9. The summed E-state index contributed by atoms with van der Waals surface area (Å²) in [5, 5.41) is 0.245. The van der Waals surface area contributed by atoms with Crippen LogP contribution in [0.4, 0.5) is 0 Å². The molecule has 1 aromatic rings. The highest BCUT2D eigenvalue weighted by atomic mass is 28.4. The monoisotopic (exact) mass is 578 g/mol. The molecule has 1 aliphatic heterocycles. The maximum absolute atomic E-state index is 7.17. The Hall–Kier alpha value is -0.709. The maximum atomic E-state index is 7.17. The summed E-state index contributed by atoms with van der Waals surface area (Å²) in [6, 6.07) is 8.49. The SMILES string of the molecule is Cc1ccccc1[C@@H]1C=C(O[Si](C)(C)C(C)(C)C)[C@H](O[Si](C)(C)C(C)(C)C)[C@@H](CO[Si](C)(C)C(C)(C)C)O1. The third-order valence-corrected chi connectivity index (χ3v) is 22.9. The molecule has 0 unspecified atom stereocenters. The molecule has 7 heteroatoms. The zero-order valence-electron chi connectivity index (χ0n) is 27.5. The van der Waals surface area contributed by atoms with Crippen molar-refractivity contribution in [1.29, 1.82) is 0 Å². The number of hydrogen-bond acceptors (Lipinski definition) is 4. The molecule has 0 bridgehead atoms. The minimum absolute atomic E-state index is 0.0623. The zero-order valence-corrected chi connectivity index (χ0v) is 30.5. The van der Waals surface area contributed by atoms with Crippen molar-refractivity contribution >= 4 is 25.0 Å². The van der Waals surface area contributed by atoms with Gasteiger partial charge in [-0.1, -0.05) is 86.6 Å². The van der Waals surface area contributed by atoms with E-state index in [4.69, 9.17) is 18.0 Å². The van der Waals surface area contributed by atoms with Crippen LogP contribution in [0.3, 0.4) is 0 Å². The molecule has 1 heterocycles. The van der Waals surface area contributed by atoms with E-state index < -0.39 is 25.0 Å². The normalized spacial score (nSPS) is 22.3. The second-order valence-corrected chi connectivity index (χ2v) is 30.0. The third-order valence-electron chi connectivity index (χ3n) is 9.57. The number of rotatable bonds is 8. The van der Waals surface area contributed by atoms with Crippen molar-refractivity contribution in [3.63, 3.8) is 0 Å². The lowest BCUT2D eigenvalue weighted by molar-refractivity contribution is -0.0908. The van der Waals surface area contributed by atoms with Crippen molar-refractivity contribution < 1.29 is 18.0 Å². The lowest BCUT2D eigenvalue weighted by Gasteiger charge is -2.47. The summed E-state index contributed by atoms with van der Waals surface area (Å²) in [5.41, 5.74) is 2.39. The molecule has 38 heavy (non-hydrogen) atoms. The summed E-state index contributed by atoms with van der Waals surface area (Å²) in [4.78, 5) is 0. The van der Waals surface area contributed by atoms with Gasteiger partial charge in [0, 0.05) is 0 Å². The topological polar surface area (TPSA) is 36.9 Å². The number of aryl methyl sites for hydroxylation is 1. The molecule has 0 spiro atoms. The van der Waals surface area contributed by atoms with Crippen molar-refractivity contribution in [3.8, 4) is 0 Å². The van der Waals surface area contributed by atoms with Crippen LogP contribution in [0.2, 0.25) is 54.4 Å². The molecule has 0 N–H and O–H groups in total. The van der Waals surface area contributed by atoms with E-state index >= 15 is 0 Å². The Bertz CT molecular complexity index is 978. The van der Waals surface area contributed by atoms with Crippen molar-refractivity contribution in [2.24, 2.45) is 0 Å². The van der Waals surface area contributed by atoms with Gasteiger partial charge in [0.25, 0.3) is 0 Å². The Morgan fingerprint density at radius 1 is 0.737 bits per heavy atom. The molecule has 0 aliphatic carbocycles. The van der Waals surface area contributed by atoms with Crippen LogP contribution in [0.25, 0.3) is 0 Å². The zero-order chi connectivity index (χ0) is 29.5. The Morgan fingerprint density at radius 3 is 1.71 bits per heavy atom. The van der Waals surface area contributed by atoms with Crippen molar-refractivity contribution in [2.45, 2.75) is 142 Å². The fourth-order valence-corrected chi connectivity index (χ4v) is 6.95. The van der Waals surface area contributed by atoms with Crippen LogP contribution in [0, 0.1) is 6.92 Å². The van der Waals surface area contributed by atoms with Crippen LogP contribution >= 0.6 is 0 Å². The maximum Gasteiger partial charge on any atom is 0.250 e. The molecule has 0 amide bonds. The molecule has 0 aromatic heterocycles. The van der Waals surface area contributed by atoms with Gasteiger partial charge >= 0.3 is 0 Å². The van der Waals surface area contributed by atoms with Crippen LogP contribution in [-0.2, 0) is 18.0 Å². The highest BCUT2D eigenvalue weighted by molar-refractivity contribution is 6.75. The smallest absolute Gasteiger partial charge is 0.250 e. The van der Waals surface area contributed by atoms with E-state index in [1.807, 2.05) is 0 Å². The highest BCUT2D eigenvalue weighted by Crippen LogP contribution is 2.45. The molecule has 0 saturated heterocycles. The fraction of sp³-hybridized carbons (Fsp3) is 0.742. The van der Waals surface area contributed by atoms with Gasteiger partial charge in [0.2, 0.25) is 8.32 Å². The first kappa shape index (κ1) is 33.5. The van der Waals surface area contributed by atoms with Gasteiger partial charge in [-0.25, -0.2) is 0 Å². The van der Waals surface area contributed by atoms with Crippen LogP contribution in [0.1, 0.15) is 79.5 Å². The minimum Gasteiger partial charge on any atom is -0.545 e. The first-order valence-corrected chi connectivity index (χ1v) is 23.1. The van der Waals surface area contributed by atoms with Crippen LogP contribution < -0.4 is 0 Å². The quantitative estimate of drug-likeness (QED) is 0.288. The average molecular weight is 579 g/mol. The fourth-order valence-electron chi connectivity index (χ4n) is 3.60. The number of benzene rings is 1. The molecular formula is C31H58O4Si3. The summed E-state index contributed by atoms with van der Waals surface area (Å²) in [6.45, 7) is 37.1. The van der Waals surface area contributed by atoms with Gasteiger partial charge in [0.05, 0.1) is 6.61 Å². The summed E-state index contributed by atoms with van der Waals surface area (Å²) >= 11 is 0. The third kappa shape index (κ3) is 7.73. The molecular weight excluding hydrogens is 521 g/mol. The largest absolute Gasteiger partial charge is 0.545 e. The molecule has 2 rings (SSSR count). The Morgan fingerprint density at radius 2 is 1.24 bits per heavy atom. The van der Waals surface area contributed by atoms with E-state index in [9.17, 15) is 0 Å². The lowest BCUT2D eigenvalue weighted by atomic mass is 9.98. The van der Waals surface area contributed by atoms with Gasteiger partial charge in [-0.15, -0.1) is 0 Å². The van der Waals surface area contributed by atoms with E-state index in [0.717, 1.165) is 5.76 Å². The summed E-state index contributed by atoms with van der Waals surface area (Å²) in [7, 11) is -6.29. The molecule has 4 nitrogen and oxygen atoms in total. The van der Waals surface area contributed by atoms with Crippen LogP contribution in [-0.4, -0.2) is 43.8 Å². The average Bonchev–Trinajstić information content (AvgIpc) is 2.71. The molecule has 1 aromatic carbocycles. The van der Waals surface area contributed by atoms with E-state index in [1.54, 1.807) is 0 Å². The van der Waals surface area contributed by atoms with Gasteiger partial charge in [0.1, 0.15) is 24.1 Å². The van der Waals surface area contributed by atoms with Gasteiger partial charge in [-0.2, -0.15) is 0 Å². The van der Waals surface area contributed by atoms with Gasteiger partial charge in [0.15, 0.2) is 16.6 Å². The first-order valence-electron chi connectivity index (χ1n) is 14.3. The van der Waals surface area contributed by atoms with Crippen molar-refractivity contribution in [1.82, 2.24) is 0 Å². The predicted molar refractivity (Wildman–Crippen MR) is 170 cm³/mol. The highest BCUT2D eigenvalue weighted by Gasteiger charge is 2.48. The van der Waals surface area contributed by atoms with E-state index in [-0.39, 0.29) is 33.4 Å².